The van der Waals surface area contributed by atoms with Crippen LogP contribution >= 0.6 is 0 Å². The molecule has 0 unspecified atom stereocenters. The third-order valence-electron chi connectivity index (χ3n) is 3.60. The fraction of sp³-hybridized carbons (Fsp3) is 0.533. The Bertz CT molecular complexity index is 504. The van der Waals surface area contributed by atoms with E-state index in [4.69, 9.17) is 0 Å². The van der Waals surface area contributed by atoms with E-state index in [2.05, 4.69) is 10.6 Å². The van der Waals surface area contributed by atoms with E-state index in [1.54, 1.807) is 12.1 Å². The van der Waals surface area contributed by atoms with E-state index in [1.807, 2.05) is 0 Å². The summed E-state index contributed by atoms with van der Waals surface area (Å²) in [4.78, 5) is 11.9. The zero-order valence-electron chi connectivity index (χ0n) is 11.9. The molecule has 1 aromatic carbocycles. The lowest BCUT2D eigenvalue weighted by Crippen LogP contribution is -2.43. The molecule has 0 bridgehead atoms. The Morgan fingerprint density at radius 3 is 2.67 bits per heavy atom. The molecule has 1 atom stereocenters. The molecular weight excluding hydrogens is 291 g/mol. The molecule has 0 aliphatic heterocycles. The summed E-state index contributed by atoms with van der Waals surface area (Å²) in [6.45, 7) is 0.263. The Morgan fingerprint density at radius 2 is 1.95 bits per heavy atom. The molecule has 0 saturated heterocycles. The Labute approximate surface area is 127 Å². The lowest BCUT2D eigenvalue weighted by atomic mass is 9.96. The van der Waals surface area contributed by atoms with E-state index in [-0.39, 0.29) is 29.3 Å². The summed E-state index contributed by atoms with van der Waals surface area (Å²) in [7, 11) is -1.44. The molecule has 2 rings (SSSR count). The SMILES string of the molecule is O=C(NCC[S@@](=O)c1ccccc1F)NC1CCCCC1. The van der Waals surface area contributed by atoms with E-state index in [9.17, 15) is 13.4 Å². The van der Waals surface area contributed by atoms with Crippen molar-refractivity contribution in [3.8, 4) is 0 Å². The van der Waals surface area contributed by atoms with Gasteiger partial charge in [-0.05, 0) is 25.0 Å². The number of benzene rings is 1. The van der Waals surface area contributed by atoms with Gasteiger partial charge in [0.1, 0.15) is 5.82 Å². The van der Waals surface area contributed by atoms with Crippen LogP contribution in [0, 0.1) is 5.82 Å². The normalized spacial score (nSPS) is 17.2. The first-order valence-electron chi connectivity index (χ1n) is 7.34. The van der Waals surface area contributed by atoms with E-state index in [0.717, 1.165) is 25.7 Å². The Balaban J connectivity index is 1.70. The fourth-order valence-corrected chi connectivity index (χ4v) is 3.50. The summed E-state index contributed by atoms with van der Waals surface area (Å²) in [5, 5.41) is 5.61. The van der Waals surface area contributed by atoms with Crippen molar-refractivity contribution in [2.45, 2.75) is 43.0 Å². The van der Waals surface area contributed by atoms with Crippen LogP contribution in [0.2, 0.25) is 0 Å². The second-order valence-electron chi connectivity index (χ2n) is 5.22. The number of carbonyl (C=O) groups is 1. The van der Waals surface area contributed by atoms with Crippen molar-refractivity contribution in [2.75, 3.05) is 12.3 Å². The predicted octanol–water partition coefficient (Wildman–Crippen LogP) is 2.57. The van der Waals surface area contributed by atoms with Gasteiger partial charge in [-0.1, -0.05) is 31.4 Å². The average Bonchev–Trinajstić information content (AvgIpc) is 2.48. The molecule has 6 heteroatoms. The lowest BCUT2D eigenvalue weighted by Gasteiger charge is -2.22. The van der Waals surface area contributed by atoms with Crippen LogP contribution in [0.3, 0.4) is 0 Å². The van der Waals surface area contributed by atoms with Gasteiger partial charge in [0, 0.05) is 18.3 Å². The molecule has 1 aliphatic rings. The number of hydrogen-bond acceptors (Lipinski definition) is 2. The van der Waals surface area contributed by atoms with Crippen LogP contribution in [0.25, 0.3) is 0 Å². The highest BCUT2D eigenvalue weighted by molar-refractivity contribution is 7.85. The molecule has 21 heavy (non-hydrogen) atoms. The van der Waals surface area contributed by atoms with Gasteiger partial charge in [-0.15, -0.1) is 0 Å². The standard InChI is InChI=1S/C15H21FN2O2S/c16-13-8-4-5-9-14(13)21(20)11-10-17-15(19)18-12-6-2-1-3-7-12/h4-5,8-9,12H,1-3,6-7,10-11H2,(H2,17,18,19)/t21-/m1/s1. The van der Waals surface area contributed by atoms with Crippen molar-refractivity contribution in [3.05, 3.63) is 30.1 Å². The molecule has 1 aromatic rings. The third kappa shape index (κ3) is 5.12. The summed E-state index contributed by atoms with van der Waals surface area (Å²) in [5.74, 6) is -0.263. The van der Waals surface area contributed by atoms with Crippen LogP contribution in [0.1, 0.15) is 32.1 Å². The third-order valence-corrected chi connectivity index (χ3v) is 4.99. The van der Waals surface area contributed by atoms with Crippen molar-refractivity contribution < 1.29 is 13.4 Å². The highest BCUT2D eigenvalue weighted by Gasteiger charge is 2.15. The predicted molar refractivity (Wildman–Crippen MR) is 81.1 cm³/mol. The highest BCUT2D eigenvalue weighted by Crippen LogP contribution is 2.17. The molecule has 1 saturated carbocycles. The molecule has 0 aromatic heterocycles. The summed E-state index contributed by atoms with van der Waals surface area (Å²) >= 11 is 0. The van der Waals surface area contributed by atoms with Crippen molar-refractivity contribution in [2.24, 2.45) is 0 Å². The Hall–Kier alpha value is -1.43. The molecule has 0 spiro atoms. The van der Waals surface area contributed by atoms with Gasteiger partial charge in [-0.25, -0.2) is 9.18 Å². The second kappa shape index (κ2) is 8.12. The van der Waals surface area contributed by atoms with Crippen molar-refractivity contribution in [1.29, 1.82) is 0 Å². The van der Waals surface area contributed by atoms with E-state index >= 15 is 0 Å². The van der Waals surface area contributed by atoms with Gasteiger partial charge in [-0.3, -0.25) is 4.21 Å². The first-order chi connectivity index (χ1) is 10.2. The molecule has 2 amide bonds. The maximum Gasteiger partial charge on any atom is 0.315 e. The molecule has 2 N–H and O–H groups in total. The summed E-state index contributed by atoms with van der Waals surface area (Å²) in [6, 6.07) is 6.03. The summed E-state index contributed by atoms with van der Waals surface area (Å²) in [6.07, 6.45) is 5.59. The molecule has 116 valence electrons. The monoisotopic (exact) mass is 312 g/mol. The highest BCUT2D eigenvalue weighted by atomic mass is 32.2. The van der Waals surface area contributed by atoms with E-state index < -0.39 is 16.6 Å². The van der Waals surface area contributed by atoms with Gasteiger partial charge < -0.3 is 10.6 Å². The van der Waals surface area contributed by atoms with Crippen LogP contribution in [-0.2, 0) is 10.8 Å². The first-order valence-corrected chi connectivity index (χ1v) is 8.66. The van der Waals surface area contributed by atoms with Crippen LogP contribution in [0.5, 0.6) is 0 Å². The number of halogens is 1. The summed E-state index contributed by atoms with van der Waals surface area (Å²) in [5.41, 5.74) is 0. The number of carbonyl (C=O) groups excluding carboxylic acids is 1. The van der Waals surface area contributed by atoms with E-state index in [0.29, 0.717) is 0 Å². The zero-order chi connectivity index (χ0) is 15.1. The Kier molecular flexibility index (Phi) is 6.17. The molecule has 0 radical (unpaired) electrons. The zero-order valence-corrected chi connectivity index (χ0v) is 12.8. The average molecular weight is 312 g/mol. The minimum atomic E-state index is -1.44. The van der Waals surface area contributed by atoms with Crippen LogP contribution in [0.15, 0.2) is 29.2 Å². The molecule has 4 nitrogen and oxygen atoms in total. The van der Waals surface area contributed by atoms with Crippen molar-refractivity contribution in [1.82, 2.24) is 10.6 Å². The molecule has 1 aliphatic carbocycles. The topological polar surface area (TPSA) is 58.2 Å². The smallest absolute Gasteiger partial charge is 0.315 e. The molecule has 0 heterocycles. The minimum absolute atomic E-state index is 0.187. The van der Waals surface area contributed by atoms with Crippen molar-refractivity contribution in [3.63, 3.8) is 0 Å². The second-order valence-corrected chi connectivity index (χ2v) is 6.75. The van der Waals surface area contributed by atoms with Crippen LogP contribution in [-0.4, -0.2) is 28.6 Å². The molecular formula is C15H21FN2O2S. The number of hydrogen-bond donors (Lipinski definition) is 2. The summed E-state index contributed by atoms with van der Waals surface area (Å²) < 4.78 is 25.4. The van der Waals surface area contributed by atoms with E-state index in [1.165, 1.54) is 18.6 Å². The van der Waals surface area contributed by atoms with Gasteiger partial charge in [0.2, 0.25) is 0 Å². The van der Waals surface area contributed by atoms with Gasteiger partial charge in [0.15, 0.2) is 0 Å². The van der Waals surface area contributed by atoms with Crippen LogP contribution in [0.4, 0.5) is 9.18 Å². The van der Waals surface area contributed by atoms with Gasteiger partial charge >= 0.3 is 6.03 Å². The fourth-order valence-electron chi connectivity index (χ4n) is 2.48. The first kappa shape index (κ1) is 15.9. The minimum Gasteiger partial charge on any atom is -0.337 e. The number of amides is 2. The van der Waals surface area contributed by atoms with Gasteiger partial charge in [0.25, 0.3) is 0 Å². The largest absolute Gasteiger partial charge is 0.337 e. The Morgan fingerprint density at radius 1 is 1.24 bits per heavy atom. The maximum absolute atomic E-state index is 13.4. The van der Waals surface area contributed by atoms with Gasteiger partial charge in [-0.2, -0.15) is 0 Å². The lowest BCUT2D eigenvalue weighted by molar-refractivity contribution is 0.233. The van der Waals surface area contributed by atoms with Crippen LogP contribution < -0.4 is 10.6 Å². The molecule has 1 fully saturated rings. The quantitative estimate of drug-likeness (QED) is 0.878. The number of urea groups is 1. The number of nitrogens with one attached hydrogen (secondary N) is 2. The van der Waals surface area contributed by atoms with Crippen molar-refractivity contribution >= 4 is 16.8 Å². The maximum atomic E-state index is 13.4. The number of rotatable bonds is 5. The van der Waals surface area contributed by atoms with Gasteiger partial charge in [0.05, 0.1) is 15.7 Å².